The van der Waals surface area contributed by atoms with Crippen LogP contribution in [0.1, 0.15) is 102 Å². The Balaban J connectivity index is 0.00000672. The van der Waals surface area contributed by atoms with Crippen LogP contribution in [-0.4, -0.2) is 9.55 Å². The second-order valence-electron chi connectivity index (χ2n) is 21.7. The number of rotatable bonds is 11. The molecule has 1 aliphatic heterocycles. The van der Waals surface area contributed by atoms with Crippen LogP contribution in [-0.2, 0) is 26.5 Å². The van der Waals surface area contributed by atoms with Gasteiger partial charge in [0, 0.05) is 84.6 Å². The van der Waals surface area contributed by atoms with Crippen LogP contribution in [0, 0.1) is 42.1 Å². The largest absolute Gasteiger partial charge is 0.509 e. The molecule has 0 unspecified atom stereocenters. The first-order valence-corrected chi connectivity index (χ1v) is 25.8. The van der Waals surface area contributed by atoms with Gasteiger partial charge in [0.25, 0.3) is 0 Å². The van der Waals surface area contributed by atoms with E-state index in [1.807, 2.05) is 65.1 Å². The fraction of sp³-hybridized carbons (Fsp3) is 0.194. The van der Waals surface area contributed by atoms with E-state index in [1.165, 1.54) is 41.0 Å². The molecular weight excluding hydrogens is 1150 g/mol. The Bertz CT molecular complexity index is 3750. The van der Waals surface area contributed by atoms with Gasteiger partial charge in [-0.15, -0.1) is 53.6 Å². The van der Waals surface area contributed by atoms with Gasteiger partial charge in [-0.1, -0.05) is 128 Å². The molecule has 3 heterocycles. The van der Waals surface area contributed by atoms with E-state index in [4.69, 9.17) is 9.72 Å². The monoisotopic (exact) mass is 1200 g/mol. The van der Waals surface area contributed by atoms with Gasteiger partial charge in [0.05, 0.1) is 0 Å². The molecule has 2 aromatic heterocycles. The van der Waals surface area contributed by atoms with Gasteiger partial charge in [-0.2, -0.15) is 6.07 Å². The summed E-state index contributed by atoms with van der Waals surface area (Å²) in [7, 11) is 0. The molecule has 0 fully saturated rings. The SMILES string of the molecule is CC(C)c1cc(C(C)C)c(-c2cc(Oc3[c-]c4c(cc3)c3ccccc3n4-c3cc(C(C)(C)C)ccn3)[c-]c(N3[CH-]N(c4c(-c5cc(F)cc(F)c5)cccc4-c4cc(F)cc(F)c4)c4ccccc43)c2)c(C(C)C)c1.[Pt]. The van der Waals surface area contributed by atoms with Crippen LogP contribution in [0.25, 0.3) is 61.0 Å². The van der Waals surface area contributed by atoms with Crippen LogP contribution < -0.4 is 14.5 Å². The Hall–Kier alpha value is -7.48. The molecule has 0 saturated carbocycles. The number of pyridine rings is 1. The van der Waals surface area contributed by atoms with Gasteiger partial charge in [-0.3, -0.25) is 0 Å². The second-order valence-corrected chi connectivity index (χ2v) is 21.7. The topological polar surface area (TPSA) is 33.5 Å². The fourth-order valence-electron chi connectivity index (χ4n) is 10.6. The number of halogens is 4. The molecule has 11 rings (SSSR count). The van der Waals surface area contributed by atoms with E-state index in [-0.39, 0.29) is 49.4 Å². The minimum Gasteiger partial charge on any atom is -0.509 e. The van der Waals surface area contributed by atoms with Crippen molar-refractivity contribution in [3.05, 3.63) is 222 Å². The zero-order valence-electron chi connectivity index (χ0n) is 44.3. The molecule has 0 amide bonds. The van der Waals surface area contributed by atoms with Gasteiger partial charge in [0.2, 0.25) is 0 Å². The number of ether oxygens (including phenoxy) is 1. The summed E-state index contributed by atoms with van der Waals surface area (Å²) < 4.78 is 69.8. The molecule has 10 aromatic rings. The van der Waals surface area contributed by atoms with Crippen LogP contribution in [0.3, 0.4) is 0 Å². The molecule has 8 aromatic carbocycles. The van der Waals surface area contributed by atoms with Crippen molar-refractivity contribution < 1.29 is 43.4 Å². The van der Waals surface area contributed by atoms with Crippen molar-refractivity contribution in [2.75, 3.05) is 9.80 Å². The van der Waals surface area contributed by atoms with Crippen LogP contribution in [0.2, 0.25) is 0 Å². The van der Waals surface area contributed by atoms with E-state index in [0.717, 1.165) is 62.1 Å². The molecule has 5 nitrogen and oxygen atoms in total. The minimum absolute atomic E-state index is 0. The third-order valence-electron chi connectivity index (χ3n) is 14.4. The predicted molar refractivity (Wildman–Crippen MR) is 301 cm³/mol. The maximum absolute atomic E-state index is 15.1. The number of fused-ring (bicyclic) bond motifs is 4. The van der Waals surface area contributed by atoms with Crippen LogP contribution >= 0.6 is 0 Å². The smallest absolute Gasteiger partial charge is 0.135 e. The Labute approximate surface area is 463 Å². The summed E-state index contributed by atoms with van der Waals surface area (Å²) in [5, 5.41) is 2.07. The van der Waals surface area contributed by atoms with E-state index < -0.39 is 23.3 Å². The number of benzene rings is 8. The molecule has 0 saturated heterocycles. The van der Waals surface area contributed by atoms with E-state index >= 15 is 17.6 Å². The van der Waals surface area contributed by atoms with Gasteiger partial charge in [0.15, 0.2) is 0 Å². The van der Waals surface area contributed by atoms with Crippen molar-refractivity contribution in [2.24, 2.45) is 0 Å². The summed E-state index contributed by atoms with van der Waals surface area (Å²) in [5.41, 5.74) is 12.5. The van der Waals surface area contributed by atoms with E-state index in [1.54, 1.807) is 18.2 Å². The van der Waals surface area contributed by atoms with Crippen molar-refractivity contribution in [1.29, 1.82) is 0 Å². The first-order chi connectivity index (χ1) is 36.4. The quantitative estimate of drug-likeness (QED) is 0.0955. The number of hydrogen-bond donors (Lipinski definition) is 0. The summed E-state index contributed by atoms with van der Waals surface area (Å²) in [6, 6.07) is 52.4. The molecule has 0 aliphatic carbocycles. The molecule has 1 aliphatic rings. The Kier molecular flexibility index (Phi) is 14.3. The molecule has 0 spiro atoms. The molecule has 392 valence electrons. The zero-order valence-corrected chi connectivity index (χ0v) is 46.6. The minimum atomic E-state index is -0.762. The first kappa shape index (κ1) is 52.9. The average Bonchev–Trinajstić information content (AvgIpc) is 4.08. The van der Waals surface area contributed by atoms with Gasteiger partial charge >= 0.3 is 0 Å². The normalized spacial score (nSPS) is 12.6. The summed E-state index contributed by atoms with van der Waals surface area (Å²) >= 11 is 0. The van der Waals surface area contributed by atoms with Gasteiger partial charge in [0.1, 0.15) is 29.1 Å². The molecule has 0 atom stereocenters. The van der Waals surface area contributed by atoms with E-state index in [9.17, 15) is 0 Å². The van der Waals surface area contributed by atoms with Gasteiger partial charge < -0.3 is 19.1 Å². The van der Waals surface area contributed by atoms with Gasteiger partial charge in [-0.05, 0) is 122 Å². The number of nitrogens with zero attached hydrogens (tertiary/aromatic N) is 4. The number of para-hydroxylation sites is 4. The van der Waals surface area contributed by atoms with Crippen molar-refractivity contribution in [3.63, 3.8) is 0 Å². The fourth-order valence-corrected chi connectivity index (χ4v) is 10.6. The van der Waals surface area contributed by atoms with Gasteiger partial charge in [-0.25, -0.2) is 22.5 Å². The third-order valence-corrected chi connectivity index (χ3v) is 14.4. The maximum atomic E-state index is 15.1. The maximum Gasteiger partial charge on any atom is 0.135 e. The van der Waals surface area contributed by atoms with Crippen molar-refractivity contribution in [3.8, 4) is 50.7 Å². The Morgan fingerprint density at radius 1 is 0.545 bits per heavy atom. The van der Waals surface area contributed by atoms with Crippen molar-refractivity contribution in [2.45, 2.75) is 85.5 Å². The number of aromatic nitrogens is 2. The Morgan fingerprint density at radius 3 is 1.71 bits per heavy atom. The van der Waals surface area contributed by atoms with Crippen LogP contribution in [0.4, 0.5) is 40.3 Å². The molecular formula is C67H57F4N4OPt-3. The molecule has 0 bridgehead atoms. The standard InChI is InChI=1S/C67H57F4N4O.Pt/c1-39(2)42-31-58(40(3)4)65(59(32-42)41(5)6)45-29-51(36-53(30-45)76-52-21-22-57-56-15-10-11-18-60(56)75(63(57)37-52)64-33-46(23-24-72-64)67(7,8)9)73-38-74(62-20-13-12-19-61(62)73)66-54(43-25-47(68)34-48(69)26-43)16-14-17-55(66)44-27-49(70)35-50(71)28-44;/h10-35,38-41H,1-9H3;/q-3;. The van der Waals surface area contributed by atoms with Crippen molar-refractivity contribution >= 4 is 44.6 Å². The first-order valence-electron chi connectivity index (χ1n) is 25.8. The second kappa shape index (κ2) is 20.8. The number of hydrogen-bond acceptors (Lipinski definition) is 4. The zero-order chi connectivity index (χ0) is 53.3. The average molecular weight is 1210 g/mol. The van der Waals surface area contributed by atoms with E-state index in [0.29, 0.717) is 45.6 Å². The third kappa shape index (κ3) is 10.1. The predicted octanol–water partition coefficient (Wildman–Crippen LogP) is 19.2. The van der Waals surface area contributed by atoms with Crippen LogP contribution in [0.15, 0.2) is 158 Å². The summed E-state index contributed by atoms with van der Waals surface area (Å²) in [6.45, 7) is 21.8. The number of anilines is 4. The van der Waals surface area contributed by atoms with Crippen LogP contribution in [0.5, 0.6) is 11.5 Å². The summed E-state index contributed by atoms with van der Waals surface area (Å²) in [6.07, 6.45) is 1.86. The van der Waals surface area contributed by atoms with E-state index in [2.05, 4.69) is 134 Å². The molecule has 10 heteroatoms. The Morgan fingerprint density at radius 2 is 1.13 bits per heavy atom. The molecule has 0 radical (unpaired) electrons. The summed E-state index contributed by atoms with van der Waals surface area (Å²) in [4.78, 5) is 8.81. The summed E-state index contributed by atoms with van der Waals surface area (Å²) in [5.74, 6) is -0.734. The van der Waals surface area contributed by atoms with Crippen molar-refractivity contribution in [1.82, 2.24) is 9.55 Å². The molecule has 0 N–H and O–H groups in total. The molecule has 77 heavy (non-hydrogen) atoms.